The molecule has 0 saturated carbocycles. The molecule has 0 bridgehead atoms. The summed E-state index contributed by atoms with van der Waals surface area (Å²) in [4.78, 5) is 14.8. The van der Waals surface area contributed by atoms with Crippen molar-refractivity contribution in [3.63, 3.8) is 0 Å². The van der Waals surface area contributed by atoms with Crippen LogP contribution in [0.3, 0.4) is 0 Å². The normalized spacial score (nSPS) is 10.6. The Kier molecular flexibility index (Phi) is 5.02. The van der Waals surface area contributed by atoms with E-state index in [9.17, 15) is 18.0 Å². The van der Waals surface area contributed by atoms with E-state index < -0.39 is 11.7 Å². The maximum atomic E-state index is 12.5. The van der Waals surface area contributed by atoms with Crippen molar-refractivity contribution in [2.24, 2.45) is 0 Å². The lowest BCUT2D eigenvalue weighted by Gasteiger charge is -2.05. The quantitative estimate of drug-likeness (QED) is 0.627. The summed E-state index contributed by atoms with van der Waals surface area (Å²) >= 11 is 0. The molecule has 0 radical (unpaired) electrons. The number of hydrogen-bond donors (Lipinski definition) is 0. The molecule has 0 spiro atoms. The molecule has 0 atom stereocenters. The minimum Gasteiger partial charge on any atom is -0.461 e. The van der Waals surface area contributed by atoms with E-state index in [1.54, 1.807) is 12.1 Å². The van der Waals surface area contributed by atoms with Crippen LogP contribution >= 0.6 is 0 Å². The highest BCUT2D eigenvalue weighted by Gasteiger charge is 2.29. The molecule has 0 saturated heterocycles. The molecule has 1 aromatic carbocycles. The summed E-state index contributed by atoms with van der Waals surface area (Å²) in [5.41, 5.74) is 0.899. The Labute approximate surface area is 131 Å². The number of ether oxygens (including phenoxy) is 1. The number of aromatic nitrogens is 1. The molecule has 0 aliphatic rings. The predicted molar refractivity (Wildman–Crippen MR) is 77.1 cm³/mol. The molecule has 0 fully saturated rings. The van der Waals surface area contributed by atoms with Crippen molar-refractivity contribution >= 4 is 5.97 Å². The second-order valence-electron chi connectivity index (χ2n) is 4.65. The Morgan fingerprint density at radius 1 is 1.17 bits per heavy atom. The molecule has 2 rings (SSSR count). The van der Waals surface area contributed by atoms with Crippen LogP contribution in [0.4, 0.5) is 13.2 Å². The Morgan fingerprint density at radius 2 is 1.87 bits per heavy atom. The van der Waals surface area contributed by atoms with Gasteiger partial charge in [-0.2, -0.15) is 13.2 Å². The maximum Gasteiger partial charge on any atom is 0.416 e. The molecular weight excluding hydrogens is 307 g/mol. The SMILES string of the molecule is CC(=O)OCc1ccnc(C#Cc2ccc(C(F)(F)F)cc2)c1. The lowest BCUT2D eigenvalue weighted by atomic mass is 10.1. The van der Waals surface area contributed by atoms with Gasteiger partial charge in [0.05, 0.1) is 5.56 Å². The number of pyridine rings is 1. The molecule has 6 heteroatoms. The van der Waals surface area contributed by atoms with E-state index in [0.717, 1.165) is 17.7 Å². The molecule has 0 amide bonds. The van der Waals surface area contributed by atoms with Crippen LogP contribution in [-0.4, -0.2) is 11.0 Å². The fraction of sp³-hybridized carbons (Fsp3) is 0.176. The van der Waals surface area contributed by atoms with Crippen molar-refractivity contribution in [1.29, 1.82) is 0 Å². The van der Waals surface area contributed by atoms with Crippen molar-refractivity contribution < 1.29 is 22.7 Å². The molecule has 0 unspecified atom stereocenters. The third-order valence-electron chi connectivity index (χ3n) is 2.81. The molecule has 0 aliphatic carbocycles. The van der Waals surface area contributed by atoms with Gasteiger partial charge in [-0.3, -0.25) is 4.79 Å². The number of alkyl halides is 3. The number of carbonyl (C=O) groups is 1. The average molecular weight is 319 g/mol. The van der Waals surface area contributed by atoms with Crippen LogP contribution in [0.2, 0.25) is 0 Å². The van der Waals surface area contributed by atoms with Gasteiger partial charge >= 0.3 is 12.1 Å². The van der Waals surface area contributed by atoms with Gasteiger partial charge in [0.15, 0.2) is 0 Å². The van der Waals surface area contributed by atoms with Gasteiger partial charge in [0, 0.05) is 18.7 Å². The molecular formula is C17H12F3NO2. The van der Waals surface area contributed by atoms with Crippen LogP contribution < -0.4 is 0 Å². The smallest absolute Gasteiger partial charge is 0.416 e. The first-order valence-corrected chi connectivity index (χ1v) is 6.62. The van der Waals surface area contributed by atoms with Gasteiger partial charge in [-0.1, -0.05) is 5.92 Å². The van der Waals surface area contributed by atoms with E-state index in [0.29, 0.717) is 11.3 Å². The van der Waals surface area contributed by atoms with Crippen LogP contribution in [0.15, 0.2) is 42.6 Å². The number of rotatable bonds is 2. The molecule has 0 aliphatic heterocycles. The summed E-state index contributed by atoms with van der Waals surface area (Å²) < 4.78 is 42.3. The molecule has 23 heavy (non-hydrogen) atoms. The van der Waals surface area contributed by atoms with Crippen LogP contribution in [0.25, 0.3) is 0 Å². The number of hydrogen-bond acceptors (Lipinski definition) is 3. The maximum absolute atomic E-state index is 12.5. The van der Waals surface area contributed by atoms with E-state index in [-0.39, 0.29) is 12.6 Å². The van der Waals surface area contributed by atoms with Crippen molar-refractivity contribution in [3.05, 3.63) is 65.0 Å². The lowest BCUT2D eigenvalue weighted by molar-refractivity contribution is -0.142. The highest BCUT2D eigenvalue weighted by atomic mass is 19.4. The van der Waals surface area contributed by atoms with E-state index in [1.165, 1.54) is 25.3 Å². The van der Waals surface area contributed by atoms with Gasteiger partial charge in [-0.15, -0.1) is 0 Å². The van der Waals surface area contributed by atoms with E-state index in [1.807, 2.05) is 0 Å². The second kappa shape index (κ2) is 6.97. The van der Waals surface area contributed by atoms with Gasteiger partial charge in [0.25, 0.3) is 0 Å². The first kappa shape index (κ1) is 16.6. The molecule has 0 N–H and O–H groups in total. The van der Waals surface area contributed by atoms with Crippen molar-refractivity contribution in [3.8, 4) is 11.8 Å². The summed E-state index contributed by atoms with van der Waals surface area (Å²) in [5, 5.41) is 0. The van der Waals surface area contributed by atoms with E-state index in [2.05, 4.69) is 16.8 Å². The minimum atomic E-state index is -4.36. The summed E-state index contributed by atoms with van der Waals surface area (Å²) in [7, 11) is 0. The van der Waals surface area contributed by atoms with Gasteiger partial charge in [0.1, 0.15) is 12.3 Å². The van der Waals surface area contributed by atoms with Crippen LogP contribution in [-0.2, 0) is 22.3 Å². The second-order valence-corrected chi connectivity index (χ2v) is 4.65. The summed E-state index contributed by atoms with van der Waals surface area (Å²) in [5.74, 6) is 5.12. The Bertz CT molecular complexity index is 756. The first-order chi connectivity index (χ1) is 10.8. The van der Waals surface area contributed by atoms with Crippen LogP contribution in [0.5, 0.6) is 0 Å². The first-order valence-electron chi connectivity index (χ1n) is 6.62. The molecule has 3 nitrogen and oxygen atoms in total. The van der Waals surface area contributed by atoms with Crippen molar-refractivity contribution in [2.45, 2.75) is 19.7 Å². The predicted octanol–water partition coefficient (Wildman–Crippen LogP) is 3.56. The minimum absolute atomic E-state index is 0.118. The topological polar surface area (TPSA) is 39.2 Å². The third-order valence-corrected chi connectivity index (χ3v) is 2.81. The van der Waals surface area contributed by atoms with Crippen molar-refractivity contribution in [2.75, 3.05) is 0 Å². The highest BCUT2D eigenvalue weighted by Crippen LogP contribution is 2.28. The van der Waals surface area contributed by atoms with Crippen LogP contribution in [0.1, 0.15) is 29.3 Å². The summed E-state index contributed by atoms with van der Waals surface area (Å²) in [6.45, 7) is 1.43. The van der Waals surface area contributed by atoms with Gasteiger partial charge < -0.3 is 4.74 Å². The zero-order valence-electron chi connectivity index (χ0n) is 12.1. The zero-order valence-corrected chi connectivity index (χ0v) is 12.1. The average Bonchev–Trinajstić information content (AvgIpc) is 2.51. The molecule has 118 valence electrons. The number of nitrogens with zero attached hydrogens (tertiary/aromatic N) is 1. The van der Waals surface area contributed by atoms with Crippen molar-refractivity contribution in [1.82, 2.24) is 4.98 Å². The van der Waals surface area contributed by atoms with E-state index in [4.69, 9.17) is 4.74 Å². The lowest BCUT2D eigenvalue weighted by Crippen LogP contribution is -2.04. The number of halogens is 3. The standard InChI is InChI=1S/C17H12F3NO2/c1-12(22)23-11-14-8-9-21-16(10-14)7-4-13-2-5-15(6-3-13)17(18,19)20/h2-3,5-6,8-10H,11H2,1H3. The Hall–Kier alpha value is -2.81. The summed E-state index contributed by atoms with van der Waals surface area (Å²) in [6.07, 6.45) is -2.84. The monoisotopic (exact) mass is 319 g/mol. The number of esters is 1. The van der Waals surface area contributed by atoms with Gasteiger partial charge in [0.2, 0.25) is 0 Å². The number of benzene rings is 1. The highest BCUT2D eigenvalue weighted by molar-refractivity contribution is 5.65. The molecule has 1 aromatic heterocycles. The molecule has 1 heterocycles. The van der Waals surface area contributed by atoms with Crippen LogP contribution in [0, 0.1) is 11.8 Å². The van der Waals surface area contributed by atoms with E-state index >= 15 is 0 Å². The van der Waals surface area contributed by atoms with Gasteiger partial charge in [-0.05, 0) is 47.9 Å². The summed E-state index contributed by atoms with van der Waals surface area (Å²) in [6, 6.07) is 7.91. The van der Waals surface area contributed by atoms with Gasteiger partial charge in [-0.25, -0.2) is 4.98 Å². The third kappa shape index (κ3) is 5.15. The number of carbonyl (C=O) groups excluding carboxylic acids is 1. The fourth-order valence-corrected chi connectivity index (χ4v) is 1.70. The molecule has 2 aromatic rings. The zero-order chi connectivity index (χ0) is 16.9. The fourth-order valence-electron chi connectivity index (χ4n) is 1.70. The largest absolute Gasteiger partial charge is 0.461 e. The Balaban J connectivity index is 2.12. The Morgan fingerprint density at radius 3 is 2.48 bits per heavy atom.